The zero-order chi connectivity index (χ0) is 24.9. The maximum absolute atomic E-state index is 14.3. The van der Waals surface area contributed by atoms with Crippen LogP contribution in [0, 0.1) is 5.82 Å². The molecule has 1 fully saturated rings. The molecule has 0 amide bonds. The van der Waals surface area contributed by atoms with Crippen molar-refractivity contribution in [1.82, 2.24) is 15.1 Å². The van der Waals surface area contributed by atoms with Crippen LogP contribution in [0.4, 0.5) is 10.1 Å². The number of hydrogen-bond acceptors (Lipinski definition) is 11. The summed E-state index contributed by atoms with van der Waals surface area (Å²) in [5, 5.41) is 32.7. The Morgan fingerprint density at radius 1 is 1.17 bits per heavy atom. The number of nitrogens with zero attached hydrogens (tertiary/aromatic N) is 6. The minimum atomic E-state index is -1.24. The molecule has 3 N–H and O–H groups in total. The number of rotatable bonds is 4. The van der Waals surface area contributed by atoms with Crippen molar-refractivity contribution in [3.05, 3.63) is 40.8 Å². The first-order valence-corrected chi connectivity index (χ1v) is 11.5. The molecule has 0 radical (unpaired) electrons. The minimum absolute atomic E-state index is 0.129. The van der Waals surface area contributed by atoms with Gasteiger partial charge in [-0.05, 0) is 18.2 Å². The number of benzene rings is 1. The number of aliphatic imine (C=N–C) groups is 3. The summed E-state index contributed by atoms with van der Waals surface area (Å²) in [5.74, 6) is 0.614. The summed E-state index contributed by atoms with van der Waals surface area (Å²) in [6.45, 7) is 5.85. The highest BCUT2D eigenvalue weighted by atomic mass is 35.5. The topological polar surface area (TPSA) is 141 Å². The molecule has 13 heteroatoms. The van der Waals surface area contributed by atoms with Gasteiger partial charge in [0, 0.05) is 10.4 Å². The molecule has 0 spiro atoms. The number of nitrogens with one attached hydrogen (secondary N) is 1. The maximum atomic E-state index is 14.3. The van der Waals surface area contributed by atoms with Gasteiger partial charge < -0.3 is 29.6 Å². The third-order valence-electron chi connectivity index (χ3n) is 5.95. The van der Waals surface area contributed by atoms with Crippen LogP contribution >= 0.6 is 11.6 Å². The van der Waals surface area contributed by atoms with E-state index in [1.165, 1.54) is 24.8 Å². The Hall–Kier alpha value is -2.93. The lowest BCUT2D eigenvalue weighted by Gasteiger charge is -2.32. The van der Waals surface area contributed by atoms with Gasteiger partial charge >= 0.3 is 0 Å². The summed E-state index contributed by atoms with van der Waals surface area (Å²) < 4.78 is 26.0. The molecule has 11 nitrogen and oxygen atoms in total. The van der Waals surface area contributed by atoms with Gasteiger partial charge in [0.1, 0.15) is 36.2 Å². The van der Waals surface area contributed by atoms with E-state index in [4.69, 9.17) is 20.8 Å². The van der Waals surface area contributed by atoms with Crippen LogP contribution in [0.5, 0.6) is 0 Å². The van der Waals surface area contributed by atoms with Gasteiger partial charge in [0.25, 0.3) is 0 Å². The predicted molar refractivity (Wildman–Crippen MR) is 126 cm³/mol. The van der Waals surface area contributed by atoms with Crippen LogP contribution < -0.4 is 5.32 Å². The van der Waals surface area contributed by atoms with Crippen LogP contribution in [0.3, 0.4) is 0 Å². The molecule has 6 unspecified atom stereocenters. The first kappa shape index (κ1) is 23.8. The Morgan fingerprint density at radius 3 is 2.69 bits per heavy atom. The highest BCUT2D eigenvalue weighted by molar-refractivity contribution is 6.30. The van der Waals surface area contributed by atoms with Crippen molar-refractivity contribution < 1.29 is 23.8 Å². The van der Waals surface area contributed by atoms with Crippen molar-refractivity contribution in [2.45, 2.75) is 69.4 Å². The quantitative estimate of drug-likeness (QED) is 0.570. The van der Waals surface area contributed by atoms with Gasteiger partial charge in [-0.25, -0.2) is 14.4 Å². The van der Waals surface area contributed by atoms with Crippen LogP contribution in [0.2, 0.25) is 5.02 Å². The summed E-state index contributed by atoms with van der Waals surface area (Å²) in [7, 11) is 0. The number of aromatic nitrogens is 2. The second kappa shape index (κ2) is 8.94. The Morgan fingerprint density at radius 2 is 1.97 bits per heavy atom. The fourth-order valence-electron chi connectivity index (χ4n) is 4.07. The van der Waals surface area contributed by atoms with Crippen molar-refractivity contribution in [3.63, 3.8) is 0 Å². The molecule has 0 bridgehead atoms. The van der Waals surface area contributed by atoms with E-state index in [-0.39, 0.29) is 22.5 Å². The molecule has 4 heterocycles. The highest BCUT2D eigenvalue weighted by Gasteiger charge is 2.50. The van der Waals surface area contributed by atoms with Gasteiger partial charge in [-0.2, -0.15) is 0 Å². The lowest BCUT2D eigenvalue weighted by molar-refractivity contribution is -0.0682. The average molecular weight is 506 g/mol. The number of amidine groups is 1. The molecule has 6 atom stereocenters. The molecule has 1 aromatic heterocycles. The number of fused-ring (bicyclic) bond motifs is 1. The van der Waals surface area contributed by atoms with Gasteiger partial charge in [-0.15, -0.1) is 10.2 Å². The lowest BCUT2D eigenvalue weighted by Crippen LogP contribution is -2.51. The van der Waals surface area contributed by atoms with Crippen molar-refractivity contribution in [2.24, 2.45) is 15.0 Å². The van der Waals surface area contributed by atoms with E-state index in [9.17, 15) is 14.6 Å². The van der Waals surface area contributed by atoms with Crippen molar-refractivity contribution in [3.8, 4) is 0 Å². The fourth-order valence-corrected chi connectivity index (χ4v) is 4.23. The van der Waals surface area contributed by atoms with E-state index in [2.05, 4.69) is 30.5 Å². The predicted octanol–water partition coefficient (Wildman–Crippen LogP) is 1.74. The smallest absolute Gasteiger partial charge is 0.221 e. The summed E-state index contributed by atoms with van der Waals surface area (Å²) >= 11 is 5.83. The lowest BCUT2D eigenvalue weighted by atomic mass is 9.97. The second-order valence-electron chi connectivity index (χ2n) is 9.60. The van der Waals surface area contributed by atoms with Crippen molar-refractivity contribution in [2.75, 3.05) is 5.32 Å². The van der Waals surface area contributed by atoms with E-state index < -0.39 is 42.6 Å². The van der Waals surface area contributed by atoms with Crippen molar-refractivity contribution in [1.29, 1.82) is 0 Å². The summed E-state index contributed by atoms with van der Waals surface area (Å²) in [5.41, 5.74) is -0.123. The fraction of sp³-hybridized carbons (Fsp3) is 0.500. The zero-order valence-corrected chi connectivity index (χ0v) is 20.0. The number of aliphatic hydroxyl groups excluding tert-OH is 2. The molecule has 35 heavy (non-hydrogen) atoms. The van der Waals surface area contributed by atoms with Gasteiger partial charge in [-0.3, -0.25) is 4.99 Å². The molecule has 1 aromatic carbocycles. The first-order chi connectivity index (χ1) is 16.6. The third-order valence-corrected chi connectivity index (χ3v) is 6.19. The molecule has 1 saturated heterocycles. The molecule has 0 saturated carbocycles. The number of halogens is 2. The number of ether oxygens (including phenoxy) is 1. The van der Waals surface area contributed by atoms with Gasteiger partial charge in [0.15, 0.2) is 12.4 Å². The first-order valence-electron chi connectivity index (χ1n) is 11.1. The second-order valence-corrected chi connectivity index (χ2v) is 10.0. The van der Waals surface area contributed by atoms with Crippen LogP contribution in [-0.4, -0.2) is 80.6 Å². The number of hydrogen-bond donors (Lipinski definition) is 3. The van der Waals surface area contributed by atoms with Crippen LogP contribution in [-0.2, 0) is 16.6 Å². The van der Waals surface area contributed by atoms with Gasteiger partial charge in [0.2, 0.25) is 11.8 Å². The SMILES string of the molecule is CC(C)(C)c1nnc(CC2OC(N3C=NC4C(Nc5ccc(Cl)cc5F)=NC=NC43)C(O)C2O)o1. The summed E-state index contributed by atoms with van der Waals surface area (Å²) in [6, 6.07) is 3.67. The Balaban J connectivity index is 1.28. The highest BCUT2D eigenvalue weighted by Crippen LogP contribution is 2.32. The van der Waals surface area contributed by atoms with Crippen LogP contribution in [0.15, 0.2) is 37.6 Å². The third kappa shape index (κ3) is 4.54. The van der Waals surface area contributed by atoms with E-state index >= 15 is 0 Å². The molecule has 186 valence electrons. The molecule has 0 aliphatic carbocycles. The average Bonchev–Trinajstić information content (AvgIpc) is 3.51. The van der Waals surface area contributed by atoms with E-state index in [0.717, 1.165) is 0 Å². The standard InChI is InChI=1S/C22H25ClFN7O4/c1-22(2,3)21-30-29-14(35-21)7-13-16(32)17(33)20(34-13)31-9-27-15-18(25-8-26-19(15)31)28-12-5-4-10(23)6-11(12)24/h4-6,8-9,13,15-17,19-20,32-33H,7H2,1-3H3,(H,25,26,28). The Bertz CT molecular complexity index is 1200. The van der Waals surface area contributed by atoms with Crippen molar-refractivity contribution >= 4 is 35.8 Å². The van der Waals surface area contributed by atoms with Gasteiger partial charge in [-0.1, -0.05) is 32.4 Å². The number of anilines is 1. The van der Waals surface area contributed by atoms with E-state index in [1.807, 2.05) is 20.8 Å². The summed E-state index contributed by atoms with van der Waals surface area (Å²) in [4.78, 5) is 14.6. The normalized spacial score (nSPS) is 30.0. The largest absolute Gasteiger partial charge is 0.425 e. The summed E-state index contributed by atoms with van der Waals surface area (Å²) in [6.07, 6.45) is -1.80. The van der Waals surface area contributed by atoms with E-state index in [0.29, 0.717) is 17.6 Å². The molecule has 5 rings (SSSR count). The van der Waals surface area contributed by atoms with Crippen LogP contribution in [0.1, 0.15) is 32.6 Å². The maximum Gasteiger partial charge on any atom is 0.221 e. The number of aliphatic hydroxyl groups is 2. The van der Waals surface area contributed by atoms with Gasteiger partial charge in [0.05, 0.1) is 24.6 Å². The zero-order valence-electron chi connectivity index (χ0n) is 19.2. The molecule has 3 aliphatic heterocycles. The molecule has 2 aromatic rings. The molecular formula is C22H25ClFN7O4. The Labute approximate surface area is 205 Å². The molecular weight excluding hydrogens is 481 g/mol. The molecule has 3 aliphatic rings. The van der Waals surface area contributed by atoms with Crippen LogP contribution in [0.25, 0.3) is 0 Å². The monoisotopic (exact) mass is 505 g/mol. The Kier molecular flexibility index (Phi) is 6.08. The van der Waals surface area contributed by atoms with E-state index in [1.54, 1.807) is 11.0 Å². The minimum Gasteiger partial charge on any atom is -0.425 e.